The summed E-state index contributed by atoms with van der Waals surface area (Å²) >= 11 is 0. The zero-order valence-electron chi connectivity index (χ0n) is 11.8. The number of aliphatic hydroxyl groups is 1. The Hall–Kier alpha value is -1.35. The highest BCUT2D eigenvalue weighted by Gasteiger charge is 2.48. The van der Waals surface area contributed by atoms with Gasteiger partial charge in [0.15, 0.2) is 0 Å². The first-order valence-corrected chi connectivity index (χ1v) is 6.89. The molecule has 3 nitrogen and oxygen atoms in total. The van der Waals surface area contributed by atoms with Crippen LogP contribution in [0.15, 0.2) is 24.3 Å². The van der Waals surface area contributed by atoms with E-state index in [4.69, 9.17) is 4.74 Å². The molecule has 2 rings (SSSR count). The van der Waals surface area contributed by atoms with Crippen molar-refractivity contribution in [3.63, 3.8) is 0 Å². The van der Waals surface area contributed by atoms with Gasteiger partial charge in [0.2, 0.25) is 0 Å². The molecule has 0 amide bonds. The number of aliphatic hydroxyl groups excluding tert-OH is 1. The van der Waals surface area contributed by atoms with Crippen LogP contribution in [0.4, 0.5) is 0 Å². The van der Waals surface area contributed by atoms with Crippen LogP contribution in [-0.4, -0.2) is 23.8 Å². The molecule has 3 heteroatoms. The van der Waals surface area contributed by atoms with Crippen LogP contribution in [0, 0.1) is 12.8 Å². The predicted octanol–water partition coefficient (Wildman–Crippen LogP) is 2.59. The van der Waals surface area contributed by atoms with Crippen LogP contribution < -0.4 is 0 Å². The second-order valence-corrected chi connectivity index (χ2v) is 5.68. The van der Waals surface area contributed by atoms with Gasteiger partial charge in [0.1, 0.15) is 0 Å². The fourth-order valence-electron chi connectivity index (χ4n) is 3.10. The molecule has 0 saturated heterocycles. The van der Waals surface area contributed by atoms with Gasteiger partial charge in [-0.25, -0.2) is 0 Å². The topological polar surface area (TPSA) is 46.5 Å². The fraction of sp³-hybridized carbons (Fsp3) is 0.562. The average Bonchev–Trinajstić information content (AvgIpc) is 2.67. The molecule has 0 bridgehead atoms. The minimum absolute atomic E-state index is 0.192. The lowest BCUT2D eigenvalue weighted by Gasteiger charge is -2.30. The van der Waals surface area contributed by atoms with Crippen molar-refractivity contribution in [2.24, 2.45) is 5.92 Å². The van der Waals surface area contributed by atoms with E-state index >= 15 is 0 Å². The molecule has 19 heavy (non-hydrogen) atoms. The van der Waals surface area contributed by atoms with Crippen LogP contribution in [-0.2, 0) is 14.9 Å². The van der Waals surface area contributed by atoms with Crippen molar-refractivity contribution in [1.29, 1.82) is 0 Å². The maximum absolute atomic E-state index is 12.1. The first kappa shape index (κ1) is 14.1. The average molecular weight is 262 g/mol. The number of esters is 1. The SMILES string of the molecule is CCOC(=O)[C@H]1C[C@@H](O)C[C@]1(C)c1ccc(C)cc1. The van der Waals surface area contributed by atoms with Crippen molar-refractivity contribution in [2.75, 3.05) is 6.61 Å². The monoisotopic (exact) mass is 262 g/mol. The maximum atomic E-state index is 12.1. The van der Waals surface area contributed by atoms with Gasteiger partial charge in [0.05, 0.1) is 18.6 Å². The second kappa shape index (κ2) is 5.33. The van der Waals surface area contributed by atoms with Gasteiger partial charge >= 0.3 is 5.97 Å². The number of aryl methyl sites for hydroxylation is 1. The second-order valence-electron chi connectivity index (χ2n) is 5.68. The lowest BCUT2D eigenvalue weighted by Crippen LogP contribution is -2.33. The summed E-state index contributed by atoms with van der Waals surface area (Å²) in [6.45, 7) is 6.29. The van der Waals surface area contributed by atoms with Crippen molar-refractivity contribution in [3.8, 4) is 0 Å². The molecule has 0 heterocycles. The van der Waals surface area contributed by atoms with Crippen LogP contribution in [0.1, 0.15) is 37.8 Å². The summed E-state index contributed by atoms with van der Waals surface area (Å²) in [4.78, 5) is 12.1. The van der Waals surface area contributed by atoms with E-state index in [1.54, 1.807) is 0 Å². The largest absolute Gasteiger partial charge is 0.466 e. The van der Waals surface area contributed by atoms with Crippen molar-refractivity contribution in [3.05, 3.63) is 35.4 Å². The number of hydrogen-bond acceptors (Lipinski definition) is 3. The van der Waals surface area contributed by atoms with Gasteiger partial charge in [0.25, 0.3) is 0 Å². The minimum Gasteiger partial charge on any atom is -0.466 e. The Balaban J connectivity index is 2.32. The van der Waals surface area contributed by atoms with Crippen LogP contribution in [0.2, 0.25) is 0 Å². The van der Waals surface area contributed by atoms with Crippen LogP contribution in [0.25, 0.3) is 0 Å². The maximum Gasteiger partial charge on any atom is 0.309 e. The number of hydrogen-bond donors (Lipinski definition) is 1. The number of carbonyl (C=O) groups excluding carboxylic acids is 1. The molecule has 1 aliphatic carbocycles. The van der Waals surface area contributed by atoms with E-state index in [0.717, 1.165) is 5.56 Å². The van der Waals surface area contributed by atoms with Gasteiger partial charge in [-0.2, -0.15) is 0 Å². The Kier molecular flexibility index (Phi) is 3.95. The quantitative estimate of drug-likeness (QED) is 0.852. The third-order valence-electron chi connectivity index (χ3n) is 4.22. The lowest BCUT2D eigenvalue weighted by atomic mass is 9.74. The van der Waals surface area contributed by atoms with Gasteiger partial charge in [-0.1, -0.05) is 36.8 Å². The van der Waals surface area contributed by atoms with Crippen molar-refractivity contribution in [2.45, 2.75) is 45.1 Å². The highest BCUT2D eigenvalue weighted by Crippen LogP contribution is 2.46. The van der Waals surface area contributed by atoms with Crippen LogP contribution in [0.5, 0.6) is 0 Å². The van der Waals surface area contributed by atoms with Crippen LogP contribution >= 0.6 is 0 Å². The summed E-state index contributed by atoms with van der Waals surface area (Å²) in [7, 11) is 0. The summed E-state index contributed by atoms with van der Waals surface area (Å²) in [5.74, 6) is -0.452. The van der Waals surface area contributed by atoms with E-state index in [0.29, 0.717) is 19.4 Å². The Bertz CT molecular complexity index is 452. The van der Waals surface area contributed by atoms with E-state index in [9.17, 15) is 9.90 Å². The number of ether oxygens (including phenoxy) is 1. The fourth-order valence-corrected chi connectivity index (χ4v) is 3.10. The highest BCUT2D eigenvalue weighted by atomic mass is 16.5. The Morgan fingerprint density at radius 2 is 2.05 bits per heavy atom. The first-order valence-electron chi connectivity index (χ1n) is 6.89. The molecule has 0 unspecified atom stereocenters. The van der Waals surface area contributed by atoms with E-state index in [1.807, 2.05) is 26.0 Å². The molecule has 1 aliphatic rings. The molecule has 1 aromatic rings. The molecule has 1 N–H and O–H groups in total. The van der Waals surface area contributed by atoms with Gasteiger partial charge < -0.3 is 9.84 Å². The molecule has 0 aromatic heterocycles. The molecule has 1 saturated carbocycles. The molecule has 1 fully saturated rings. The summed E-state index contributed by atoms with van der Waals surface area (Å²) < 4.78 is 5.16. The van der Waals surface area contributed by atoms with E-state index < -0.39 is 6.10 Å². The summed E-state index contributed by atoms with van der Waals surface area (Å²) in [5, 5.41) is 9.96. The number of benzene rings is 1. The smallest absolute Gasteiger partial charge is 0.309 e. The third kappa shape index (κ3) is 2.66. The lowest BCUT2D eigenvalue weighted by molar-refractivity contribution is -0.149. The molecule has 0 aliphatic heterocycles. The van der Waals surface area contributed by atoms with Crippen molar-refractivity contribution < 1.29 is 14.6 Å². The molecule has 0 radical (unpaired) electrons. The zero-order valence-corrected chi connectivity index (χ0v) is 11.8. The number of carbonyl (C=O) groups is 1. The molecule has 104 valence electrons. The zero-order chi connectivity index (χ0) is 14.0. The molecular formula is C16H22O3. The van der Waals surface area contributed by atoms with E-state index in [-0.39, 0.29) is 17.3 Å². The predicted molar refractivity (Wildman–Crippen MR) is 73.9 cm³/mol. The summed E-state index contributed by atoms with van der Waals surface area (Å²) in [5.41, 5.74) is 1.96. The number of rotatable bonds is 3. The first-order chi connectivity index (χ1) is 8.97. The van der Waals surface area contributed by atoms with E-state index in [1.165, 1.54) is 5.56 Å². The van der Waals surface area contributed by atoms with Gasteiger partial charge in [0, 0.05) is 5.41 Å². The molecule has 3 atom stereocenters. The Morgan fingerprint density at radius 1 is 1.42 bits per heavy atom. The Labute approximate surface area is 114 Å². The highest BCUT2D eigenvalue weighted by molar-refractivity contribution is 5.75. The molecular weight excluding hydrogens is 240 g/mol. The minimum atomic E-state index is -0.430. The van der Waals surface area contributed by atoms with Gasteiger partial charge in [-0.05, 0) is 32.3 Å². The molecule has 0 spiro atoms. The molecule has 1 aromatic carbocycles. The van der Waals surface area contributed by atoms with E-state index in [2.05, 4.69) is 19.1 Å². The summed E-state index contributed by atoms with van der Waals surface area (Å²) in [6, 6.07) is 8.21. The van der Waals surface area contributed by atoms with Gasteiger partial charge in [-0.3, -0.25) is 4.79 Å². The Morgan fingerprint density at radius 3 is 2.63 bits per heavy atom. The third-order valence-corrected chi connectivity index (χ3v) is 4.22. The van der Waals surface area contributed by atoms with Crippen molar-refractivity contribution >= 4 is 5.97 Å². The van der Waals surface area contributed by atoms with Crippen molar-refractivity contribution in [1.82, 2.24) is 0 Å². The standard InChI is InChI=1S/C16H22O3/c1-4-19-15(18)14-9-13(17)10-16(14,3)12-7-5-11(2)6-8-12/h5-8,13-14,17H,4,9-10H2,1-3H3/t13-,14-,16-/m1/s1. The summed E-state index contributed by atoms with van der Waals surface area (Å²) in [6.07, 6.45) is 0.670. The normalized spacial score (nSPS) is 30.3. The van der Waals surface area contributed by atoms with Crippen LogP contribution in [0.3, 0.4) is 0 Å². The van der Waals surface area contributed by atoms with Gasteiger partial charge in [-0.15, -0.1) is 0 Å².